The van der Waals surface area contributed by atoms with Crippen LogP contribution in [-0.2, 0) is 0 Å². The molecule has 0 bridgehead atoms. The molecule has 0 N–H and O–H groups in total. The highest BCUT2D eigenvalue weighted by atomic mass is 15.0. The van der Waals surface area contributed by atoms with Crippen molar-refractivity contribution < 1.29 is 0 Å². The molecule has 2 aromatic heterocycles. The summed E-state index contributed by atoms with van der Waals surface area (Å²) in [7, 11) is 0. The first kappa shape index (κ1) is 34.3. The average molecular weight is 753 g/mol. The minimum Gasteiger partial charge on any atom is -0.309 e. The zero-order valence-corrected chi connectivity index (χ0v) is 32.1. The third-order valence-corrected chi connectivity index (χ3v) is 11.2. The molecule has 0 atom stereocenters. The van der Waals surface area contributed by atoms with Crippen LogP contribution in [0.3, 0.4) is 0 Å². The van der Waals surface area contributed by atoms with E-state index >= 15 is 0 Å². The number of aromatic nitrogens is 4. The summed E-state index contributed by atoms with van der Waals surface area (Å²) < 4.78 is 2.46. The second-order valence-electron chi connectivity index (χ2n) is 14.8. The summed E-state index contributed by atoms with van der Waals surface area (Å²) in [5.74, 6) is 1.92. The van der Waals surface area contributed by atoms with E-state index in [0.717, 1.165) is 39.0 Å². The Balaban J connectivity index is 1.09. The van der Waals surface area contributed by atoms with Gasteiger partial charge in [0.05, 0.1) is 11.2 Å². The first-order valence-electron chi connectivity index (χ1n) is 19.9. The fourth-order valence-corrected chi connectivity index (χ4v) is 8.50. The third-order valence-electron chi connectivity index (χ3n) is 11.2. The van der Waals surface area contributed by atoms with Gasteiger partial charge in [-0.3, -0.25) is 0 Å². The molecule has 2 heterocycles. The quantitative estimate of drug-likeness (QED) is 0.170. The van der Waals surface area contributed by atoms with Gasteiger partial charge in [-0.15, -0.1) is 0 Å². The van der Waals surface area contributed by atoms with Crippen LogP contribution < -0.4 is 0 Å². The van der Waals surface area contributed by atoms with E-state index in [9.17, 15) is 0 Å². The van der Waals surface area contributed by atoms with Gasteiger partial charge in [-0.25, -0.2) is 15.0 Å². The first-order valence-corrected chi connectivity index (χ1v) is 19.9. The molecule has 0 aliphatic heterocycles. The molecule has 8 aromatic carbocycles. The molecule has 0 amide bonds. The topological polar surface area (TPSA) is 43.6 Å². The normalized spacial score (nSPS) is 11.8. The minimum atomic E-state index is 0.631. The van der Waals surface area contributed by atoms with Crippen molar-refractivity contribution in [2.45, 2.75) is 0 Å². The average Bonchev–Trinajstić information content (AvgIpc) is 3.66. The zero-order valence-electron chi connectivity index (χ0n) is 32.1. The molecular formula is C55H36N4. The van der Waals surface area contributed by atoms with Crippen molar-refractivity contribution in [3.63, 3.8) is 0 Å². The molecule has 0 unspecified atom stereocenters. The van der Waals surface area contributed by atoms with Crippen molar-refractivity contribution in [3.8, 4) is 73.4 Å². The SMILES string of the molecule is C1=C(c2ccccc2)c2ccccc2-c2c(n(-c3cccc(-c4cccc(-c5nc(-c6ccccc6)nc(-c6ccccc6)n5)c4)c3)c3ccccc23)-c2ccccc21. The van der Waals surface area contributed by atoms with E-state index in [2.05, 4.69) is 162 Å². The summed E-state index contributed by atoms with van der Waals surface area (Å²) in [6, 6.07) is 74.9. The van der Waals surface area contributed by atoms with E-state index in [-0.39, 0.29) is 0 Å². The smallest absolute Gasteiger partial charge is 0.164 e. The summed E-state index contributed by atoms with van der Waals surface area (Å²) in [5.41, 5.74) is 16.8. The van der Waals surface area contributed by atoms with E-state index in [1.165, 1.54) is 50.0 Å². The van der Waals surface area contributed by atoms with Crippen molar-refractivity contribution in [2.24, 2.45) is 0 Å². The van der Waals surface area contributed by atoms with Gasteiger partial charge >= 0.3 is 0 Å². The lowest BCUT2D eigenvalue weighted by molar-refractivity contribution is 1.07. The summed E-state index contributed by atoms with van der Waals surface area (Å²) in [4.78, 5) is 15.0. The van der Waals surface area contributed by atoms with Crippen LogP contribution in [0.4, 0.5) is 0 Å². The third kappa shape index (κ3) is 6.15. The summed E-state index contributed by atoms with van der Waals surface area (Å²) in [5, 5.41) is 1.21. The number of fused-ring (bicyclic) bond motifs is 7. The Hall–Kier alpha value is -7.95. The Morgan fingerprint density at radius 3 is 1.53 bits per heavy atom. The maximum Gasteiger partial charge on any atom is 0.164 e. The molecule has 0 radical (unpaired) electrons. The summed E-state index contributed by atoms with van der Waals surface area (Å²) in [6.45, 7) is 0. The maximum absolute atomic E-state index is 5.02. The van der Waals surface area contributed by atoms with Crippen molar-refractivity contribution >= 4 is 22.6 Å². The van der Waals surface area contributed by atoms with E-state index in [4.69, 9.17) is 15.0 Å². The van der Waals surface area contributed by atoms with E-state index < -0.39 is 0 Å². The van der Waals surface area contributed by atoms with Crippen LogP contribution in [0.5, 0.6) is 0 Å². The van der Waals surface area contributed by atoms with Crippen LogP contribution in [0, 0.1) is 0 Å². The fourth-order valence-electron chi connectivity index (χ4n) is 8.50. The minimum absolute atomic E-state index is 0.631. The predicted molar refractivity (Wildman–Crippen MR) is 243 cm³/mol. The maximum atomic E-state index is 5.02. The lowest BCUT2D eigenvalue weighted by Gasteiger charge is -2.21. The van der Waals surface area contributed by atoms with Crippen molar-refractivity contribution in [3.05, 3.63) is 229 Å². The highest BCUT2D eigenvalue weighted by Gasteiger charge is 2.27. The van der Waals surface area contributed by atoms with Crippen molar-refractivity contribution in [2.75, 3.05) is 0 Å². The Morgan fingerprint density at radius 1 is 0.339 bits per heavy atom. The van der Waals surface area contributed by atoms with Crippen LogP contribution in [0.2, 0.25) is 0 Å². The first-order chi connectivity index (χ1) is 29.3. The monoisotopic (exact) mass is 752 g/mol. The van der Waals surface area contributed by atoms with Gasteiger partial charge in [0.2, 0.25) is 0 Å². The molecular weight excluding hydrogens is 717 g/mol. The van der Waals surface area contributed by atoms with Gasteiger partial charge in [0, 0.05) is 38.9 Å². The van der Waals surface area contributed by atoms with E-state index in [1.807, 2.05) is 60.7 Å². The molecule has 4 heteroatoms. The highest BCUT2D eigenvalue weighted by Crippen LogP contribution is 2.49. The second kappa shape index (κ2) is 14.5. The molecule has 1 aliphatic rings. The van der Waals surface area contributed by atoms with Gasteiger partial charge in [0.15, 0.2) is 17.5 Å². The van der Waals surface area contributed by atoms with E-state index in [1.54, 1.807) is 0 Å². The standard InChI is InChI=1S/C55H36N4/c1-4-18-37(19-5-1)49-36-42-24-10-11-29-45(42)52-51(47-31-13-12-30-46(47)49)48-32-14-15-33-50(48)59(52)44-28-17-26-41(35-44)40-25-16-27-43(34-40)55-57-53(38-20-6-2-7-21-38)56-54(58-55)39-22-8-3-9-23-39/h1-36H. The van der Waals surface area contributed by atoms with E-state index in [0.29, 0.717) is 17.5 Å². The molecule has 0 saturated carbocycles. The predicted octanol–water partition coefficient (Wildman–Crippen LogP) is 13.7. The lowest BCUT2D eigenvalue weighted by Crippen LogP contribution is -2.02. The van der Waals surface area contributed by atoms with Crippen LogP contribution in [0.1, 0.15) is 16.7 Å². The van der Waals surface area contributed by atoms with Crippen LogP contribution in [0.15, 0.2) is 212 Å². The second-order valence-corrected chi connectivity index (χ2v) is 14.8. The molecule has 0 saturated heterocycles. The Labute approximate surface area is 343 Å². The van der Waals surface area contributed by atoms with Gasteiger partial charge in [-0.05, 0) is 69.3 Å². The van der Waals surface area contributed by atoms with Gasteiger partial charge in [0.25, 0.3) is 0 Å². The molecule has 11 rings (SSSR count). The number of benzene rings is 8. The van der Waals surface area contributed by atoms with Crippen molar-refractivity contribution in [1.82, 2.24) is 19.5 Å². The molecule has 276 valence electrons. The number of hydrogen-bond donors (Lipinski definition) is 0. The Bertz CT molecular complexity index is 3140. The number of para-hydroxylation sites is 1. The fraction of sp³-hybridized carbons (Fsp3) is 0. The number of nitrogens with zero attached hydrogens (tertiary/aromatic N) is 4. The molecule has 0 fully saturated rings. The lowest BCUT2D eigenvalue weighted by atomic mass is 9.84. The van der Waals surface area contributed by atoms with Gasteiger partial charge in [0.1, 0.15) is 0 Å². The van der Waals surface area contributed by atoms with Gasteiger partial charge in [-0.1, -0.05) is 188 Å². The van der Waals surface area contributed by atoms with Crippen molar-refractivity contribution in [1.29, 1.82) is 0 Å². The number of hydrogen-bond acceptors (Lipinski definition) is 3. The van der Waals surface area contributed by atoms with Crippen LogP contribution >= 0.6 is 0 Å². The molecule has 1 aliphatic carbocycles. The summed E-state index contributed by atoms with van der Waals surface area (Å²) >= 11 is 0. The zero-order chi connectivity index (χ0) is 39.1. The summed E-state index contributed by atoms with van der Waals surface area (Å²) in [6.07, 6.45) is 2.37. The van der Waals surface area contributed by atoms with Crippen LogP contribution in [0.25, 0.3) is 95.9 Å². The Kier molecular flexibility index (Phi) is 8.45. The largest absolute Gasteiger partial charge is 0.309 e. The highest BCUT2D eigenvalue weighted by molar-refractivity contribution is 6.12. The molecule has 0 spiro atoms. The van der Waals surface area contributed by atoms with Gasteiger partial charge in [-0.2, -0.15) is 0 Å². The molecule has 59 heavy (non-hydrogen) atoms. The molecule has 10 aromatic rings. The molecule has 4 nitrogen and oxygen atoms in total. The van der Waals surface area contributed by atoms with Crippen LogP contribution in [-0.4, -0.2) is 19.5 Å². The van der Waals surface area contributed by atoms with Gasteiger partial charge < -0.3 is 4.57 Å². The Morgan fingerprint density at radius 2 is 0.831 bits per heavy atom. The number of rotatable bonds is 6.